The van der Waals surface area contributed by atoms with Gasteiger partial charge in [0.15, 0.2) is 12.0 Å². The Labute approximate surface area is 68.9 Å². The average Bonchev–Trinajstić information content (AvgIpc) is 2.43. The van der Waals surface area contributed by atoms with Gasteiger partial charge in [0, 0.05) is 0 Å². The Balaban J connectivity index is 2.65. The first kappa shape index (κ1) is 6.79. The molecule has 1 unspecified atom stereocenters. The first-order chi connectivity index (χ1) is 5.20. The van der Waals surface area contributed by atoms with Gasteiger partial charge < -0.3 is 0 Å². The van der Waals surface area contributed by atoms with Crippen molar-refractivity contribution in [3.63, 3.8) is 0 Å². The van der Waals surface area contributed by atoms with Crippen LogP contribution in [0.25, 0.3) is 0 Å². The van der Waals surface area contributed by atoms with E-state index in [0.717, 1.165) is 5.69 Å². The number of aryl methyl sites for hydroxylation is 1. The van der Waals surface area contributed by atoms with E-state index in [1.807, 2.05) is 13.8 Å². The molecule has 0 amide bonds. The lowest BCUT2D eigenvalue weighted by Gasteiger charge is -1.96. The molecule has 1 atom stereocenters. The second-order valence-corrected chi connectivity index (χ2v) is 2.89. The minimum Gasteiger partial charge on any atom is -0.218 e. The number of rotatable bonds is 0. The van der Waals surface area contributed by atoms with Crippen LogP contribution in [0.15, 0.2) is 10.2 Å². The molecule has 4 nitrogen and oxygen atoms in total. The summed E-state index contributed by atoms with van der Waals surface area (Å²) in [5, 5.41) is 12.6. The maximum Gasteiger partial charge on any atom is 0.193 e. The van der Waals surface area contributed by atoms with Crippen LogP contribution in [0.3, 0.4) is 0 Å². The van der Waals surface area contributed by atoms with Crippen molar-refractivity contribution >= 4 is 17.4 Å². The first-order valence-corrected chi connectivity index (χ1v) is 3.73. The molecule has 0 spiro atoms. The molecular formula is C6H7ClN4. The van der Waals surface area contributed by atoms with Crippen molar-refractivity contribution in [2.75, 3.05) is 0 Å². The Bertz CT molecular complexity index is 328. The van der Waals surface area contributed by atoms with Crippen LogP contribution in [0.4, 0.5) is 5.82 Å². The topological polar surface area (TPSA) is 42.5 Å². The Morgan fingerprint density at radius 1 is 1.55 bits per heavy atom. The van der Waals surface area contributed by atoms with Crippen molar-refractivity contribution in [3.05, 3.63) is 10.7 Å². The lowest BCUT2D eigenvalue weighted by Crippen LogP contribution is -1.98. The molecule has 0 aliphatic carbocycles. The number of nitrogens with zero attached hydrogens (tertiary/aromatic N) is 4. The van der Waals surface area contributed by atoms with Gasteiger partial charge in [0.25, 0.3) is 0 Å². The molecule has 2 rings (SSSR count). The normalized spacial score (nSPS) is 20.8. The van der Waals surface area contributed by atoms with Crippen LogP contribution in [-0.4, -0.2) is 9.78 Å². The van der Waals surface area contributed by atoms with Gasteiger partial charge in [-0.1, -0.05) is 11.6 Å². The van der Waals surface area contributed by atoms with Crippen LogP contribution in [0.2, 0.25) is 5.02 Å². The van der Waals surface area contributed by atoms with Gasteiger partial charge in [-0.3, -0.25) is 0 Å². The molecule has 5 heteroatoms. The van der Waals surface area contributed by atoms with Crippen molar-refractivity contribution in [2.45, 2.75) is 20.0 Å². The molecule has 0 saturated heterocycles. The van der Waals surface area contributed by atoms with E-state index in [2.05, 4.69) is 15.3 Å². The van der Waals surface area contributed by atoms with Gasteiger partial charge in [-0.2, -0.15) is 10.2 Å². The van der Waals surface area contributed by atoms with Crippen molar-refractivity contribution in [1.82, 2.24) is 9.78 Å². The van der Waals surface area contributed by atoms with E-state index in [4.69, 9.17) is 11.6 Å². The van der Waals surface area contributed by atoms with Crippen molar-refractivity contribution in [1.29, 1.82) is 0 Å². The highest BCUT2D eigenvalue weighted by atomic mass is 35.5. The predicted molar refractivity (Wildman–Crippen MR) is 41.2 cm³/mol. The molecule has 0 aromatic carbocycles. The predicted octanol–water partition coefficient (Wildman–Crippen LogP) is 2.46. The molecule has 0 radical (unpaired) electrons. The molecule has 11 heavy (non-hydrogen) atoms. The quantitative estimate of drug-likeness (QED) is 0.590. The van der Waals surface area contributed by atoms with E-state index in [1.54, 1.807) is 4.68 Å². The minimum absolute atomic E-state index is 0.00352. The fourth-order valence-corrected chi connectivity index (χ4v) is 1.21. The standard InChI is InChI=1S/C6H7ClN4/c1-3-5(7)6-9-8-4(2)11(6)10-3/h4H,1-2H3. The number of aromatic nitrogens is 2. The summed E-state index contributed by atoms with van der Waals surface area (Å²) in [4.78, 5) is 0. The van der Waals surface area contributed by atoms with Gasteiger partial charge in [0.05, 0.1) is 5.69 Å². The molecule has 0 bridgehead atoms. The maximum absolute atomic E-state index is 5.88. The van der Waals surface area contributed by atoms with E-state index in [1.165, 1.54) is 0 Å². The molecule has 2 heterocycles. The molecule has 1 aromatic rings. The van der Waals surface area contributed by atoms with Crippen LogP contribution < -0.4 is 0 Å². The fourth-order valence-electron chi connectivity index (χ4n) is 1.05. The van der Waals surface area contributed by atoms with Gasteiger partial charge in [0.2, 0.25) is 0 Å². The molecule has 0 fully saturated rings. The number of fused-ring (bicyclic) bond motifs is 1. The fraction of sp³-hybridized carbons (Fsp3) is 0.500. The highest BCUT2D eigenvalue weighted by Crippen LogP contribution is 2.35. The van der Waals surface area contributed by atoms with Gasteiger partial charge in [-0.05, 0) is 13.8 Å². The Morgan fingerprint density at radius 3 is 2.91 bits per heavy atom. The summed E-state index contributed by atoms with van der Waals surface area (Å²) in [7, 11) is 0. The van der Waals surface area contributed by atoms with Gasteiger partial charge in [-0.25, -0.2) is 4.68 Å². The summed E-state index contributed by atoms with van der Waals surface area (Å²) in [6.45, 7) is 3.78. The zero-order valence-corrected chi connectivity index (χ0v) is 7.00. The summed E-state index contributed by atoms with van der Waals surface area (Å²) in [5.74, 6) is 0.677. The Hall–Kier alpha value is -0.900. The van der Waals surface area contributed by atoms with E-state index in [0.29, 0.717) is 10.8 Å². The molecule has 1 aromatic heterocycles. The molecular weight excluding hydrogens is 164 g/mol. The van der Waals surface area contributed by atoms with E-state index in [9.17, 15) is 0 Å². The lowest BCUT2D eigenvalue weighted by atomic mass is 10.5. The Kier molecular flexibility index (Phi) is 1.26. The van der Waals surface area contributed by atoms with Gasteiger partial charge in [-0.15, -0.1) is 5.11 Å². The second kappa shape index (κ2) is 2.04. The third-order valence-corrected chi connectivity index (χ3v) is 2.10. The van der Waals surface area contributed by atoms with E-state index < -0.39 is 0 Å². The monoisotopic (exact) mass is 170 g/mol. The molecule has 1 aliphatic heterocycles. The minimum atomic E-state index is -0.00352. The molecule has 58 valence electrons. The largest absolute Gasteiger partial charge is 0.218 e. The summed E-state index contributed by atoms with van der Waals surface area (Å²) < 4.78 is 1.72. The third kappa shape index (κ3) is 0.790. The first-order valence-electron chi connectivity index (χ1n) is 3.35. The number of azo groups is 1. The van der Waals surface area contributed by atoms with E-state index in [-0.39, 0.29) is 6.17 Å². The summed E-state index contributed by atoms with van der Waals surface area (Å²) >= 11 is 5.88. The highest BCUT2D eigenvalue weighted by molar-refractivity contribution is 6.33. The zero-order chi connectivity index (χ0) is 8.01. The second-order valence-electron chi connectivity index (χ2n) is 2.51. The lowest BCUT2D eigenvalue weighted by molar-refractivity contribution is 0.534. The van der Waals surface area contributed by atoms with Gasteiger partial charge in [0.1, 0.15) is 5.02 Å². The average molecular weight is 171 g/mol. The summed E-state index contributed by atoms with van der Waals surface area (Å²) in [5.41, 5.74) is 0.812. The molecule has 0 N–H and O–H groups in total. The Morgan fingerprint density at radius 2 is 2.27 bits per heavy atom. The van der Waals surface area contributed by atoms with Crippen molar-refractivity contribution < 1.29 is 0 Å². The van der Waals surface area contributed by atoms with Crippen LogP contribution in [-0.2, 0) is 0 Å². The summed E-state index contributed by atoms with van der Waals surface area (Å²) in [6.07, 6.45) is -0.00352. The third-order valence-electron chi connectivity index (χ3n) is 1.66. The zero-order valence-electron chi connectivity index (χ0n) is 6.24. The van der Waals surface area contributed by atoms with Gasteiger partial charge >= 0.3 is 0 Å². The molecule has 0 saturated carbocycles. The van der Waals surface area contributed by atoms with Crippen LogP contribution >= 0.6 is 11.6 Å². The van der Waals surface area contributed by atoms with Crippen LogP contribution in [0, 0.1) is 6.92 Å². The maximum atomic E-state index is 5.88. The smallest absolute Gasteiger partial charge is 0.193 e. The summed E-state index contributed by atoms with van der Waals surface area (Å²) in [6, 6.07) is 0. The van der Waals surface area contributed by atoms with E-state index >= 15 is 0 Å². The number of hydrogen-bond donors (Lipinski definition) is 0. The number of halogens is 1. The highest BCUT2D eigenvalue weighted by Gasteiger charge is 2.21. The molecule has 1 aliphatic rings. The van der Waals surface area contributed by atoms with Crippen molar-refractivity contribution in [2.24, 2.45) is 10.2 Å². The number of hydrogen-bond acceptors (Lipinski definition) is 3. The van der Waals surface area contributed by atoms with Crippen LogP contribution in [0.1, 0.15) is 18.8 Å². The SMILES string of the molecule is Cc1nn2c(c1Cl)N=NC2C. The van der Waals surface area contributed by atoms with Crippen molar-refractivity contribution in [3.8, 4) is 0 Å². The van der Waals surface area contributed by atoms with Crippen LogP contribution in [0.5, 0.6) is 0 Å².